The zero-order chi connectivity index (χ0) is 18.8. The van der Waals surface area contributed by atoms with Gasteiger partial charge in [-0.05, 0) is 48.2 Å². The highest BCUT2D eigenvalue weighted by Gasteiger charge is 2.08. The Morgan fingerprint density at radius 2 is 1.04 bits per heavy atom. The monoisotopic (exact) mass is 350 g/mol. The van der Waals surface area contributed by atoms with Gasteiger partial charge in [0.15, 0.2) is 0 Å². The van der Waals surface area contributed by atoms with Crippen molar-refractivity contribution in [3.05, 3.63) is 72.8 Å². The van der Waals surface area contributed by atoms with Gasteiger partial charge in [0, 0.05) is 12.8 Å². The van der Waals surface area contributed by atoms with Gasteiger partial charge in [0.2, 0.25) is 0 Å². The second kappa shape index (κ2) is 9.99. The molecule has 2 rings (SSSR count). The second-order valence-electron chi connectivity index (χ2n) is 5.70. The van der Waals surface area contributed by atoms with E-state index >= 15 is 0 Å². The van der Waals surface area contributed by atoms with Crippen molar-refractivity contribution < 1.29 is 19.1 Å². The number of rotatable bonds is 9. The van der Waals surface area contributed by atoms with Gasteiger partial charge in [0.25, 0.3) is 0 Å². The van der Waals surface area contributed by atoms with E-state index < -0.39 is 0 Å². The molecular formula is C22H22O4. The lowest BCUT2D eigenvalue weighted by Gasteiger charge is -2.06. The van der Waals surface area contributed by atoms with Gasteiger partial charge in [0.1, 0.15) is 11.5 Å². The molecule has 0 saturated carbocycles. The molecule has 4 heteroatoms. The first kappa shape index (κ1) is 19.2. The third-order valence-electron chi connectivity index (χ3n) is 3.71. The van der Waals surface area contributed by atoms with Crippen LogP contribution in [0.15, 0.2) is 61.7 Å². The molecule has 0 fully saturated rings. The maximum Gasteiger partial charge on any atom is 0.311 e. The highest BCUT2D eigenvalue weighted by molar-refractivity contribution is 5.73. The first-order chi connectivity index (χ1) is 12.6. The number of benzene rings is 2. The number of unbranched alkanes of at least 4 members (excludes halogenated alkanes) is 1. The lowest BCUT2D eigenvalue weighted by Crippen LogP contribution is -2.10. The van der Waals surface area contributed by atoms with Crippen molar-refractivity contribution in [3.63, 3.8) is 0 Å². The molecule has 0 aliphatic carbocycles. The summed E-state index contributed by atoms with van der Waals surface area (Å²) in [5.41, 5.74) is 1.92. The van der Waals surface area contributed by atoms with Gasteiger partial charge in [-0.25, -0.2) is 0 Å². The van der Waals surface area contributed by atoms with E-state index in [0.29, 0.717) is 24.3 Å². The minimum absolute atomic E-state index is 0.254. The lowest BCUT2D eigenvalue weighted by molar-refractivity contribution is -0.136. The van der Waals surface area contributed by atoms with E-state index in [1.54, 1.807) is 36.4 Å². The largest absolute Gasteiger partial charge is 0.427 e. The summed E-state index contributed by atoms with van der Waals surface area (Å²) < 4.78 is 10.5. The minimum Gasteiger partial charge on any atom is -0.427 e. The molecule has 134 valence electrons. The molecule has 0 aromatic heterocycles. The standard InChI is InChI=1S/C22H22O4/c1-3-17-9-13-19(14-10-17)25-21(23)7-5-6-8-22(24)26-20-15-11-18(4-2)12-16-20/h3-4,9-16H,1-2,5-8H2. The maximum absolute atomic E-state index is 11.8. The number of hydrogen-bond acceptors (Lipinski definition) is 4. The lowest BCUT2D eigenvalue weighted by atomic mass is 10.2. The molecule has 26 heavy (non-hydrogen) atoms. The van der Waals surface area contributed by atoms with Crippen molar-refractivity contribution >= 4 is 24.1 Å². The molecule has 0 spiro atoms. The summed E-state index contributed by atoms with van der Waals surface area (Å²) in [6.45, 7) is 7.34. The van der Waals surface area contributed by atoms with Gasteiger partial charge in [-0.2, -0.15) is 0 Å². The van der Waals surface area contributed by atoms with Crippen molar-refractivity contribution in [2.45, 2.75) is 25.7 Å². The number of carbonyl (C=O) groups excluding carboxylic acids is 2. The minimum atomic E-state index is -0.315. The zero-order valence-electron chi connectivity index (χ0n) is 14.6. The van der Waals surface area contributed by atoms with Crippen molar-refractivity contribution in [2.24, 2.45) is 0 Å². The highest BCUT2D eigenvalue weighted by Crippen LogP contribution is 2.16. The maximum atomic E-state index is 11.8. The molecule has 0 aliphatic heterocycles. The summed E-state index contributed by atoms with van der Waals surface area (Å²) >= 11 is 0. The van der Waals surface area contributed by atoms with Crippen LogP contribution >= 0.6 is 0 Å². The molecule has 2 aromatic carbocycles. The second-order valence-corrected chi connectivity index (χ2v) is 5.70. The van der Waals surface area contributed by atoms with Gasteiger partial charge in [-0.15, -0.1) is 0 Å². The fraction of sp³-hybridized carbons (Fsp3) is 0.182. The number of ether oxygens (including phenoxy) is 2. The summed E-state index contributed by atoms with van der Waals surface area (Å²) in [7, 11) is 0. The van der Waals surface area contributed by atoms with E-state index in [0.717, 1.165) is 11.1 Å². The Balaban J connectivity index is 1.65. The van der Waals surface area contributed by atoms with E-state index in [1.165, 1.54) is 0 Å². The third-order valence-corrected chi connectivity index (χ3v) is 3.71. The Bertz CT molecular complexity index is 690. The Hall–Kier alpha value is -3.14. The van der Waals surface area contributed by atoms with Crippen LogP contribution in [0.3, 0.4) is 0 Å². The molecule has 0 bridgehead atoms. The average Bonchev–Trinajstić information content (AvgIpc) is 2.66. The molecule has 2 aromatic rings. The first-order valence-corrected chi connectivity index (χ1v) is 8.47. The van der Waals surface area contributed by atoms with Gasteiger partial charge in [-0.3, -0.25) is 9.59 Å². The van der Waals surface area contributed by atoms with Gasteiger partial charge >= 0.3 is 11.9 Å². The highest BCUT2D eigenvalue weighted by atomic mass is 16.5. The normalized spacial score (nSPS) is 10.0. The number of esters is 2. The van der Waals surface area contributed by atoms with Crippen molar-refractivity contribution in [3.8, 4) is 11.5 Å². The van der Waals surface area contributed by atoms with E-state index in [2.05, 4.69) is 13.2 Å². The van der Waals surface area contributed by atoms with E-state index in [1.807, 2.05) is 24.3 Å². The fourth-order valence-electron chi connectivity index (χ4n) is 2.25. The molecule has 0 N–H and O–H groups in total. The molecule has 0 radical (unpaired) electrons. The molecule has 0 aliphatic rings. The van der Waals surface area contributed by atoms with Crippen LogP contribution in [0.1, 0.15) is 36.8 Å². The Kier molecular flexibility index (Phi) is 7.37. The molecular weight excluding hydrogens is 328 g/mol. The van der Waals surface area contributed by atoms with Crippen molar-refractivity contribution in [1.82, 2.24) is 0 Å². The smallest absolute Gasteiger partial charge is 0.311 e. The van der Waals surface area contributed by atoms with Crippen LogP contribution in [0.2, 0.25) is 0 Å². The molecule has 0 unspecified atom stereocenters. The van der Waals surface area contributed by atoms with Gasteiger partial charge < -0.3 is 9.47 Å². The van der Waals surface area contributed by atoms with Crippen LogP contribution in [0, 0.1) is 0 Å². The zero-order valence-corrected chi connectivity index (χ0v) is 14.6. The van der Waals surface area contributed by atoms with Gasteiger partial charge in [-0.1, -0.05) is 49.6 Å². The van der Waals surface area contributed by atoms with Crippen LogP contribution in [0.4, 0.5) is 0 Å². The molecule has 0 heterocycles. The summed E-state index contributed by atoms with van der Waals surface area (Å²) in [6.07, 6.45) is 5.08. The SMILES string of the molecule is C=Cc1ccc(OC(=O)CCCCC(=O)Oc2ccc(C=C)cc2)cc1. The first-order valence-electron chi connectivity index (χ1n) is 8.47. The fourth-order valence-corrected chi connectivity index (χ4v) is 2.25. The molecule has 4 nitrogen and oxygen atoms in total. The summed E-state index contributed by atoms with van der Waals surface area (Å²) in [4.78, 5) is 23.6. The Morgan fingerprint density at radius 3 is 1.35 bits per heavy atom. The Labute approximate surface area is 153 Å². The van der Waals surface area contributed by atoms with Crippen molar-refractivity contribution in [2.75, 3.05) is 0 Å². The van der Waals surface area contributed by atoms with Crippen LogP contribution in [0.25, 0.3) is 12.2 Å². The van der Waals surface area contributed by atoms with Crippen molar-refractivity contribution in [1.29, 1.82) is 0 Å². The number of hydrogen-bond donors (Lipinski definition) is 0. The van der Waals surface area contributed by atoms with Crippen LogP contribution < -0.4 is 9.47 Å². The van der Waals surface area contributed by atoms with Crippen LogP contribution in [-0.2, 0) is 9.59 Å². The van der Waals surface area contributed by atoms with E-state index in [4.69, 9.17) is 9.47 Å². The topological polar surface area (TPSA) is 52.6 Å². The summed E-state index contributed by atoms with van der Waals surface area (Å²) in [5, 5.41) is 0. The van der Waals surface area contributed by atoms with E-state index in [-0.39, 0.29) is 24.8 Å². The number of carbonyl (C=O) groups is 2. The average molecular weight is 350 g/mol. The third kappa shape index (κ3) is 6.40. The molecule has 0 atom stereocenters. The summed E-state index contributed by atoms with van der Waals surface area (Å²) in [6, 6.07) is 14.2. The van der Waals surface area contributed by atoms with E-state index in [9.17, 15) is 9.59 Å². The van der Waals surface area contributed by atoms with Crippen LogP contribution in [0.5, 0.6) is 11.5 Å². The predicted molar refractivity (Wildman–Crippen MR) is 103 cm³/mol. The van der Waals surface area contributed by atoms with Gasteiger partial charge in [0.05, 0.1) is 0 Å². The van der Waals surface area contributed by atoms with Crippen LogP contribution in [-0.4, -0.2) is 11.9 Å². The molecule has 0 amide bonds. The Morgan fingerprint density at radius 1 is 0.692 bits per heavy atom. The molecule has 0 saturated heterocycles. The predicted octanol–water partition coefficient (Wildman–Crippen LogP) is 5.04. The summed E-state index contributed by atoms with van der Waals surface area (Å²) in [5.74, 6) is 0.375. The quantitative estimate of drug-likeness (QED) is 0.361.